The van der Waals surface area contributed by atoms with Crippen LogP contribution >= 0.6 is 0 Å². The van der Waals surface area contributed by atoms with Gasteiger partial charge in [0.15, 0.2) is 5.82 Å². The van der Waals surface area contributed by atoms with Crippen molar-refractivity contribution in [2.24, 2.45) is 5.92 Å². The average Bonchev–Trinajstić information content (AvgIpc) is 3.44. The van der Waals surface area contributed by atoms with E-state index in [0.717, 1.165) is 19.4 Å². The quantitative estimate of drug-likeness (QED) is 0.301. The lowest BCUT2D eigenvalue weighted by atomic mass is 9.94. The van der Waals surface area contributed by atoms with Crippen molar-refractivity contribution in [3.8, 4) is 23.0 Å². The zero-order valence-electron chi connectivity index (χ0n) is 25.1. The smallest absolute Gasteiger partial charge is 0.319 e. The zero-order chi connectivity index (χ0) is 31.3. The Morgan fingerprint density at radius 1 is 1.16 bits per heavy atom. The minimum absolute atomic E-state index is 0.0489. The van der Waals surface area contributed by atoms with Crippen molar-refractivity contribution in [3.63, 3.8) is 0 Å². The number of fused-ring (bicyclic) bond motifs is 3. The van der Waals surface area contributed by atoms with Crippen LogP contribution in [0.15, 0.2) is 30.5 Å². The summed E-state index contributed by atoms with van der Waals surface area (Å²) in [7, 11) is 0. The van der Waals surface area contributed by atoms with Gasteiger partial charge in [-0.3, -0.25) is 9.88 Å². The summed E-state index contributed by atoms with van der Waals surface area (Å²) in [5.74, 6) is -1.11. The van der Waals surface area contributed by atoms with Gasteiger partial charge < -0.3 is 24.6 Å². The molecule has 0 spiro atoms. The number of aromatic hydroxyl groups is 1. The summed E-state index contributed by atoms with van der Waals surface area (Å²) >= 11 is 0. The van der Waals surface area contributed by atoms with E-state index in [0.29, 0.717) is 73.2 Å². The number of phenolic OH excluding ortho intramolecular Hbond substituents is 1. The molecule has 2 aromatic carbocycles. The molecule has 3 aliphatic heterocycles. The van der Waals surface area contributed by atoms with Crippen LogP contribution in [0.4, 0.5) is 19.0 Å². The highest BCUT2D eigenvalue weighted by Gasteiger charge is 2.49. The monoisotopic (exact) mass is 623 g/mol. The molecule has 7 rings (SSSR count). The van der Waals surface area contributed by atoms with Gasteiger partial charge >= 0.3 is 6.01 Å². The van der Waals surface area contributed by atoms with Crippen molar-refractivity contribution in [1.82, 2.24) is 19.9 Å². The maximum atomic E-state index is 16.8. The number of aliphatic hydroxyl groups excluding tert-OH is 1. The van der Waals surface area contributed by atoms with E-state index in [-0.39, 0.29) is 47.7 Å². The molecule has 12 heteroatoms. The molecular weight excluding hydrogens is 587 g/mol. The number of pyridine rings is 1. The second kappa shape index (κ2) is 11.9. The number of hydrogen-bond donors (Lipinski definition) is 2. The van der Waals surface area contributed by atoms with E-state index in [4.69, 9.17) is 14.5 Å². The molecule has 4 aromatic rings. The summed E-state index contributed by atoms with van der Waals surface area (Å²) in [6.45, 7) is 4.64. The Kier molecular flexibility index (Phi) is 7.91. The van der Waals surface area contributed by atoms with Gasteiger partial charge in [0.2, 0.25) is 0 Å². The van der Waals surface area contributed by atoms with E-state index in [2.05, 4.69) is 14.9 Å². The maximum absolute atomic E-state index is 16.8. The van der Waals surface area contributed by atoms with Crippen LogP contribution in [0.3, 0.4) is 0 Å². The Balaban J connectivity index is 1.38. The van der Waals surface area contributed by atoms with E-state index in [1.165, 1.54) is 24.4 Å². The van der Waals surface area contributed by atoms with E-state index in [1.807, 2.05) is 11.8 Å². The number of benzene rings is 2. The fourth-order valence-electron chi connectivity index (χ4n) is 7.38. The van der Waals surface area contributed by atoms with Crippen molar-refractivity contribution >= 4 is 27.5 Å². The Hall–Kier alpha value is -3.74. The standard InChI is InChI=1S/C33H36F3N5O4/c1-2-23-26(35)5-4-20-10-22(43)11-24(27(20)23)29-28(36)30-25(13-37-29)31(40-8-9-44-17-19(14-40)16-42)39-32(38-30)45-18-33-6-3-7-41(33)15-21(34)12-33/h4-5,10-11,13,19,21,42-43H,2-3,6-9,12,14-18H2,1H3/t19-,21-,33+/m1/s1. The lowest BCUT2D eigenvalue weighted by Gasteiger charge is -2.31. The number of aliphatic hydroxyl groups is 1. The molecule has 238 valence electrons. The van der Waals surface area contributed by atoms with Gasteiger partial charge in [-0.25, -0.2) is 13.2 Å². The topological polar surface area (TPSA) is 104 Å². The van der Waals surface area contributed by atoms with Gasteiger partial charge in [-0.15, -0.1) is 0 Å². The first kappa shape index (κ1) is 29.9. The van der Waals surface area contributed by atoms with Gasteiger partial charge in [0, 0.05) is 50.3 Å². The predicted octanol–water partition coefficient (Wildman–Crippen LogP) is 4.79. The van der Waals surface area contributed by atoms with Crippen LogP contribution in [-0.2, 0) is 11.2 Å². The van der Waals surface area contributed by atoms with Gasteiger partial charge in [0.25, 0.3) is 0 Å². The summed E-state index contributed by atoms with van der Waals surface area (Å²) in [6, 6.07) is 5.73. The molecule has 3 saturated heterocycles. The predicted molar refractivity (Wildman–Crippen MR) is 163 cm³/mol. The number of phenols is 1. The third-order valence-corrected chi connectivity index (χ3v) is 9.53. The van der Waals surface area contributed by atoms with Crippen LogP contribution in [0.5, 0.6) is 11.8 Å². The van der Waals surface area contributed by atoms with E-state index in [1.54, 1.807) is 6.07 Å². The zero-order valence-corrected chi connectivity index (χ0v) is 25.1. The summed E-state index contributed by atoms with van der Waals surface area (Å²) < 4.78 is 58.0. The van der Waals surface area contributed by atoms with Crippen LogP contribution < -0.4 is 9.64 Å². The van der Waals surface area contributed by atoms with Crippen LogP contribution in [0.25, 0.3) is 32.9 Å². The Labute approximate surface area is 258 Å². The van der Waals surface area contributed by atoms with Crippen LogP contribution in [0, 0.1) is 17.6 Å². The van der Waals surface area contributed by atoms with Crippen molar-refractivity contribution in [2.45, 2.75) is 44.3 Å². The van der Waals surface area contributed by atoms with Crippen molar-refractivity contribution in [1.29, 1.82) is 0 Å². The molecule has 45 heavy (non-hydrogen) atoms. The molecule has 0 saturated carbocycles. The van der Waals surface area contributed by atoms with Gasteiger partial charge in [-0.2, -0.15) is 9.97 Å². The lowest BCUT2D eigenvalue weighted by molar-refractivity contribution is 0.0959. The molecule has 0 bridgehead atoms. The van der Waals surface area contributed by atoms with Crippen LogP contribution in [0.1, 0.15) is 31.7 Å². The maximum Gasteiger partial charge on any atom is 0.319 e. The number of rotatable bonds is 7. The normalized spacial score (nSPS) is 24.0. The van der Waals surface area contributed by atoms with Crippen molar-refractivity contribution < 1.29 is 32.9 Å². The molecule has 3 atom stereocenters. The Morgan fingerprint density at radius 3 is 2.84 bits per heavy atom. The second-order valence-electron chi connectivity index (χ2n) is 12.4. The number of halogens is 3. The number of aryl methyl sites for hydroxylation is 1. The minimum atomic E-state index is -0.935. The van der Waals surface area contributed by atoms with Gasteiger partial charge in [0.1, 0.15) is 41.4 Å². The van der Waals surface area contributed by atoms with E-state index < -0.39 is 23.3 Å². The van der Waals surface area contributed by atoms with Crippen molar-refractivity contribution in [3.05, 3.63) is 47.7 Å². The number of anilines is 1. The molecule has 3 aliphatic rings. The Bertz CT molecular complexity index is 1760. The Morgan fingerprint density at radius 2 is 2.02 bits per heavy atom. The lowest BCUT2D eigenvalue weighted by Crippen LogP contribution is -2.43. The number of hydrogen-bond acceptors (Lipinski definition) is 9. The minimum Gasteiger partial charge on any atom is -0.508 e. The largest absolute Gasteiger partial charge is 0.508 e. The molecule has 2 aromatic heterocycles. The van der Waals surface area contributed by atoms with Gasteiger partial charge in [-0.1, -0.05) is 13.0 Å². The molecule has 2 N–H and O–H groups in total. The first-order chi connectivity index (χ1) is 21.8. The molecule has 0 aliphatic carbocycles. The number of ether oxygens (including phenoxy) is 2. The molecule has 3 fully saturated rings. The third-order valence-electron chi connectivity index (χ3n) is 9.53. The molecule has 0 amide bonds. The number of alkyl halides is 1. The van der Waals surface area contributed by atoms with Gasteiger partial charge in [0.05, 0.1) is 24.1 Å². The highest BCUT2D eigenvalue weighted by Crippen LogP contribution is 2.42. The number of nitrogens with zero attached hydrogens (tertiary/aromatic N) is 5. The summed E-state index contributed by atoms with van der Waals surface area (Å²) in [5.41, 5.74) is 0.0289. The molecule has 9 nitrogen and oxygen atoms in total. The first-order valence-corrected chi connectivity index (χ1v) is 15.6. The first-order valence-electron chi connectivity index (χ1n) is 15.6. The fraction of sp³-hybridized carbons (Fsp3) is 0.485. The van der Waals surface area contributed by atoms with Gasteiger partial charge in [-0.05, 0) is 60.3 Å². The summed E-state index contributed by atoms with van der Waals surface area (Å²) in [6.07, 6.45) is 2.99. The molecule has 0 radical (unpaired) electrons. The number of aromatic nitrogens is 3. The summed E-state index contributed by atoms with van der Waals surface area (Å²) in [4.78, 5) is 17.8. The second-order valence-corrected chi connectivity index (χ2v) is 12.4. The van der Waals surface area contributed by atoms with Crippen LogP contribution in [-0.4, -0.2) is 94.4 Å². The molecule has 0 unspecified atom stereocenters. The van der Waals surface area contributed by atoms with Crippen molar-refractivity contribution in [2.75, 3.05) is 57.5 Å². The average molecular weight is 624 g/mol. The summed E-state index contributed by atoms with van der Waals surface area (Å²) in [5, 5.41) is 21.8. The van der Waals surface area contributed by atoms with E-state index in [9.17, 15) is 19.0 Å². The third kappa shape index (κ3) is 5.32. The fourth-order valence-corrected chi connectivity index (χ4v) is 7.38. The van der Waals surface area contributed by atoms with E-state index >= 15 is 4.39 Å². The SMILES string of the molecule is CCc1c(F)ccc2cc(O)cc(-c3ncc4c(N5CCOC[C@@H](CO)C5)nc(OC[C@@]56CCCN5C[C@H](F)C6)nc4c3F)c12. The molecule has 5 heterocycles. The highest BCUT2D eigenvalue weighted by atomic mass is 19.1. The van der Waals surface area contributed by atoms with Crippen LogP contribution in [0.2, 0.25) is 0 Å². The molecular formula is C33H36F3N5O4. The highest BCUT2D eigenvalue weighted by molar-refractivity contribution is 6.01.